The van der Waals surface area contributed by atoms with Crippen LogP contribution in [0.2, 0.25) is 10.0 Å². The number of piperazine rings is 1. The topological polar surface area (TPSA) is 73.9 Å². The van der Waals surface area contributed by atoms with Crippen LogP contribution in [0.25, 0.3) is 10.9 Å². The normalized spacial score (nSPS) is 17.5. The van der Waals surface area contributed by atoms with E-state index < -0.39 is 12.1 Å². The van der Waals surface area contributed by atoms with Gasteiger partial charge in [-0.2, -0.15) is 0 Å². The van der Waals surface area contributed by atoms with Crippen molar-refractivity contribution in [2.75, 3.05) is 39.8 Å². The van der Waals surface area contributed by atoms with Crippen LogP contribution in [0.1, 0.15) is 27.7 Å². The van der Waals surface area contributed by atoms with E-state index >= 15 is 0 Å². The Kier molecular flexibility index (Phi) is 8.22. The van der Waals surface area contributed by atoms with E-state index in [-0.39, 0.29) is 0 Å². The molecule has 0 unspecified atom stereocenters. The number of halogens is 2. The lowest BCUT2D eigenvalue weighted by Crippen LogP contribution is -2.43. The number of fused-ring (bicyclic) bond motifs is 3. The van der Waals surface area contributed by atoms with Crippen molar-refractivity contribution in [2.45, 2.75) is 19.0 Å². The fraction of sp³-hybridized carbons (Fsp3) is 0.273. The number of nitrogens with zero attached hydrogens (tertiary/aromatic N) is 4. The van der Waals surface area contributed by atoms with Crippen molar-refractivity contribution < 1.29 is 14.3 Å². The molecule has 2 aliphatic heterocycles. The first-order valence-electron chi connectivity index (χ1n) is 14.6. The minimum absolute atomic E-state index is 0.395. The highest BCUT2D eigenvalue weighted by atomic mass is 35.5. The van der Waals surface area contributed by atoms with Gasteiger partial charge in [-0.15, -0.1) is 0 Å². The number of hydrogen-bond donors (Lipinski definition) is 1. The lowest BCUT2D eigenvalue weighted by atomic mass is 9.92. The number of ether oxygens (including phenoxy) is 2. The minimum atomic E-state index is -0.435. The van der Waals surface area contributed by atoms with E-state index in [0.717, 1.165) is 60.4 Å². The molecule has 8 nitrogen and oxygen atoms in total. The number of aromatic amines is 1. The third-order valence-electron chi connectivity index (χ3n) is 8.25. The second-order valence-corrected chi connectivity index (χ2v) is 13.2. The van der Waals surface area contributed by atoms with Gasteiger partial charge in [-0.1, -0.05) is 46.7 Å². The molecule has 5 aromatic rings. The molecule has 2 aliphatic rings. The van der Waals surface area contributed by atoms with E-state index in [4.69, 9.17) is 32.7 Å². The molecule has 0 bridgehead atoms. The van der Waals surface area contributed by atoms with Gasteiger partial charge in [0.1, 0.15) is 17.5 Å². The fourth-order valence-electron chi connectivity index (χ4n) is 5.92. The Hall–Kier alpha value is -3.60. The highest BCUT2D eigenvalue weighted by Crippen LogP contribution is 2.40. The maximum atomic E-state index is 13.6. The van der Waals surface area contributed by atoms with Gasteiger partial charge in [-0.25, -0.2) is 9.78 Å². The number of H-pyrrole nitrogens is 1. The molecule has 4 heterocycles. The highest BCUT2D eigenvalue weighted by Gasteiger charge is 2.36. The Balaban J connectivity index is 1.13. The Morgan fingerprint density at radius 2 is 1.68 bits per heavy atom. The zero-order chi connectivity index (χ0) is 30.2. The SMILES string of the molecule is CN1CCN(Cc2cnc(Oc3ccc([C@H]4c5[nH]c6ccc(Cl)cc6c5CCN4C(=O)Oc4ccc(Cl)cc4)cc3)s2)CC1. The number of benzene rings is 3. The summed E-state index contributed by atoms with van der Waals surface area (Å²) in [5.41, 5.74) is 4.01. The number of carbonyl (C=O) groups excluding carboxylic acids is 1. The van der Waals surface area contributed by atoms with Crippen LogP contribution >= 0.6 is 34.5 Å². The van der Waals surface area contributed by atoms with Gasteiger partial charge in [0, 0.05) is 77.0 Å². The number of carbonyl (C=O) groups is 1. The van der Waals surface area contributed by atoms with E-state index in [2.05, 4.69) is 26.8 Å². The van der Waals surface area contributed by atoms with E-state index in [1.165, 1.54) is 4.88 Å². The molecule has 11 heteroatoms. The molecule has 1 N–H and O–H groups in total. The Morgan fingerprint density at radius 3 is 2.45 bits per heavy atom. The van der Waals surface area contributed by atoms with Gasteiger partial charge >= 0.3 is 6.09 Å². The van der Waals surface area contributed by atoms with Crippen molar-refractivity contribution in [1.82, 2.24) is 24.7 Å². The van der Waals surface area contributed by atoms with E-state index in [9.17, 15) is 4.79 Å². The third kappa shape index (κ3) is 6.16. The number of nitrogens with one attached hydrogen (secondary N) is 1. The summed E-state index contributed by atoms with van der Waals surface area (Å²) >= 11 is 14.0. The van der Waals surface area contributed by atoms with Gasteiger partial charge in [0.05, 0.1) is 0 Å². The van der Waals surface area contributed by atoms with Gasteiger partial charge in [-0.3, -0.25) is 9.80 Å². The van der Waals surface area contributed by atoms with Crippen molar-refractivity contribution in [3.63, 3.8) is 0 Å². The maximum absolute atomic E-state index is 13.6. The zero-order valence-electron chi connectivity index (χ0n) is 24.1. The first kappa shape index (κ1) is 29.1. The summed E-state index contributed by atoms with van der Waals surface area (Å²) in [7, 11) is 2.16. The van der Waals surface area contributed by atoms with Crippen molar-refractivity contribution >= 4 is 51.5 Å². The van der Waals surface area contributed by atoms with E-state index in [1.807, 2.05) is 48.7 Å². The van der Waals surface area contributed by atoms with Gasteiger partial charge in [-0.05, 0) is 79.2 Å². The first-order chi connectivity index (χ1) is 21.4. The molecule has 0 spiro atoms. The molecule has 3 aromatic carbocycles. The van der Waals surface area contributed by atoms with Crippen LogP contribution < -0.4 is 9.47 Å². The minimum Gasteiger partial charge on any atom is -0.431 e. The van der Waals surface area contributed by atoms with Crippen LogP contribution in [0.15, 0.2) is 72.9 Å². The van der Waals surface area contributed by atoms with Crippen LogP contribution in [-0.2, 0) is 13.0 Å². The predicted molar refractivity (Wildman–Crippen MR) is 174 cm³/mol. The third-order valence-corrected chi connectivity index (χ3v) is 9.60. The average Bonchev–Trinajstić information content (AvgIpc) is 3.63. The van der Waals surface area contributed by atoms with Crippen molar-refractivity contribution in [2.24, 2.45) is 0 Å². The zero-order valence-corrected chi connectivity index (χ0v) is 26.5. The molecule has 1 saturated heterocycles. The molecule has 44 heavy (non-hydrogen) atoms. The fourth-order valence-corrected chi connectivity index (χ4v) is 7.04. The Morgan fingerprint density at radius 1 is 0.955 bits per heavy atom. The largest absolute Gasteiger partial charge is 0.431 e. The van der Waals surface area contributed by atoms with E-state index in [0.29, 0.717) is 39.7 Å². The van der Waals surface area contributed by atoms with Gasteiger partial charge in [0.15, 0.2) is 0 Å². The lowest BCUT2D eigenvalue weighted by Gasteiger charge is -2.35. The molecular weight excluding hydrogens is 617 g/mol. The summed E-state index contributed by atoms with van der Waals surface area (Å²) in [6.45, 7) is 5.65. The molecule has 1 amide bonds. The van der Waals surface area contributed by atoms with Gasteiger partial charge in [0.2, 0.25) is 0 Å². The smallest absolute Gasteiger partial charge is 0.416 e. The maximum Gasteiger partial charge on any atom is 0.416 e. The summed E-state index contributed by atoms with van der Waals surface area (Å²) in [5.74, 6) is 1.12. The van der Waals surface area contributed by atoms with Crippen LogP contribution in [0.4, 0.5) is 4.79 Å². The second kappa shape index (κ2) is 12.4. The number of hydrogen-bond acceptors (Lipinski definition) is 7. The molecule has 0 aliphatic carbocycles. The van der Waals surface area contributed by atoms with Crippen molar-refractivity contribution in [3.05, 3.63) is 105 Å². The van der Waals surface area contributed by atoms with Gasteiger partial charge < -0.3 is 19.4 Å². The number of thiazole rings is 1. The number of aromatic nitrogens is 2. The molecule has 7 rings (SSSR count). The molecular formula is C33H31Cl2N5O3S. The monoisotopic (exact) mass is 647 g/mol. The molecule has 0 radical (unpaired) electrons. The first-order valence-corrected chi connectivity index (χ1v) is 16.1. The molecule has 1 fully saturated rings. The standard InChI is InChI=1S/C33H31Cl2N5O3S/c1-38-14-16-39(17-15-38)20-26-19-36-32(44-26)42-24-7-2-21(3-8-24)31-30-27(28-18-23(35)6-11-29(28)37-30)12-13-40(31)33(41)43-25-9-4-22(34)5-10-25/h2-11,18-19,31,37H,12-17,20H2,1H3/t31-/m0/s1. The number of likely N-dealkylation sites (N-methyl/N-ethyl adjacent to an activating group) is 1. The van der Waals surface area contributed by atoms with Crippen LogP contribution in [-0.4, -0.2) is 70.5 Å². The second-order valence-electron chi connectivity index (χ2n) is 11.2. The van der Waals surface area contributed by atoms with Crippen molar-refractivity contribution in [1.29, 1.82) is 0 Å². The summed E-state index contributed by atoms with van der Waals surface area (Å²) in [6.07, 6.45) is 2.14. The summed E-state index contributed by atoms with van der Waals surface area (Å²) < 4.78 is 11.9. The molecule has 1 atom stereocenters. The van der Waals surface area contributed by atoms with Gasteiger partial charge in [0.25, 0.3) is 5.19 Å². The van der Waals surface area contributed by atoms with Crippen molar-refractivity contribution in [3.8, 4) is 16.7 Å². The highest BCUT2D eigenvalue weighted by molar-refractivity contribution is 7.13. The number of amides is 1. The summed E-state index contributed by atoms with van der Waals surface area (Å²) in [4.78, 5) is 29.4. The molecule has 226 valence electrons. The van der Waals surface area contributed by atoms with Crippen LogP contribution in [0.3, 0.4) is 0 Å². The summed E-state index contributed by atoms with van der Waals surface area (Å²) in [5, 5.41) is 2.94. The van der Waals surface area contributed by atoms with Crippen LogP contribution in [0.5, 0.6) is 16.7 Å². The Bertz CT molecular complexity index is 1780. The lowest BCUT2D eigenvalue weighted by molar-refractivity contribution is 0.135. The predicted octanol–water partition coefficient (Wildman–Crippen LogP) is 7.62. The quantitative estimate of drug-likeness (QED) is 0.204. The number of rotatable bonds is 6. The summed E-state index contributed by atoms with van der Waals surface area (Å²) in [6, 6.07) is 20.1. The van der Waals surface area contributed by atoms with Crippen LogP contribution in [0, 0.1) is 0 Å². The average molecular weight is 649 g/mol. The van der Waals surface area contributed by atoms with E-state index in [1.54, 1.807) is 40.5 Å². The molecule has 0 saturated carbocycles. The molecule has 2 aromatic heterocycles. The Labute approximate surface area is 269 Å².